The third-order valence-electron chi connectivity index (χ3n) is 2.86. The molecule has 19 heavy (non-hydrogen) atoms. The van der Waals surface area contributed by atoms with Crippen molar-refractivity contribution in [2.24, 2.45) is 0 Å². The fraction of sp³-hybridized carbons (Fsp3) is 0.133. The Morgan fingerprint density at radius 3 is 2.53 bits per heavy atom. The molecule has 0 heterocycles. The maximum absolute atomic E-state index is 11.0. The number of anilines is 2. The smallest absolute Gasteiger partial charge is 0.335 e. The van der Waals surface area contributed by atoms with Gasteiger partial charge in [0.1, 0.15) is 0 Å². The molecular weight excluding hydrogens is 306 g/mol. The van der Waals surface area contributed by atoms with Crippen LogP contribution in [-0.2, 0) is 0 Å². The molecule has 0 fully saturated rings. The lowest BCUT2D eigenvalue weighted by Crippen LogP contribution is -2.00. The highest BCUT2D eigenvalue weighted by Crippen LogP contribution is 2.27. The van der Waals surface area contributed by atoms with Gasteiger partial charge in [0.2, 0.25) is 0 Å². The number of nitrogens with one attached hydrogen (secondary N) is 1. The Morgan fingerprint density at radius 2 is 1.89 bits per heavy atom. The van der Waals surface area contributed by atoms with Gasteiger partial charge in [0.05, 0.1) is 11.3 Å². The average Bonchev–Trinajstić information content (AvgIpc) is 2.33. The number of rotatable bonds is 3. The lowest BCUT2D eigenvalue weighted by molar-refractivity contribution is 0.0696. The first-order valence-corrected chi connectivity index (χ1v) is 6.64. The van der Waals surface area contributed by atoms with Crippen LogP contribution in [-0.4, -0.2) is 11.1 Å². The van der Waals surface area contributed by atoms with E-state index >= 15 is 0 Å². The molecular formula is C15H14BrNO2. The quantitative estimate of drug-likeness (QED) is 0.875. The number of carbonyl (C=O) groups is 1. The largest absolute Gasteiger partial charge is 0.478 e. The molecule has 2 N–H and O–H groups in total. The van der Waals surface area contributed by atoms with Crippen LogP contribution < -0.4 is 5.32 Å². The molecule has 4 heteroatoms. The van der Waals surface area contributed by atoms with Gasteiger partial charge in [-0.3, -0.25) is 0 Å². The lowest BCUT2D eigenvalue weighted by Gasteiger charge is -2.11. The van der Waals surface area contributed by atoms with Gasteiger partial charge in [0, 0.05) is 10.2 Å². The van der Waals surface area contributed by atoms with Crippen LogP contribution in [0.25, 0.3) is 0 Å². The Kier molecular flexibility index (Phi) is 3.90. The van der Waals surface area contributed by atoms with E-state index in [1.807, 2.05) is 31.2 Å². The van der Waals surface area contributed by atoms with Gasteiger partial charge in [-0.25, -0.2) is 4.79 Å². The molecule has 0 aliphatic heterocycles. The standard InChI is InChI=1S/C15H14BrNO2/c1-9-3-6-13(16)14(7-9)17-11-4-5-12(15(18)19)10(2)8-11/h3-8,17H,1-2H3,(H,18,19). The van der Waals surface area contributed by atoms with E-state index in [1.165, 1.54) is 0 Å². The minimum atomic E-state index is -0.902. The van der Waals surface area contributed by atoms with Gasteiger partial charge in [-0.2, -0.15) is 0 Å². The summed E-state index contributed by atoms with van der Waals surface area (Å²) in [5.41, 5.74) is 4.05. The van der Waals surface area contributed by atoms with E-state index in [2.05, 4.69) is 21.2 Å². The summed E-state index contributed by atoms with van der Waals surface area (Å²) in [5.74, 6) is -0.902. The number of carboxylic acid groups (broad SMARTS) is 1. The minimum Gasteiger partial charge on any atom is -0.478 e. The summed E-state index contributed by atoms with van der Waals surface area (Å²) in [7, 11) is 0. The van der Waals surface area contributed by atoms with Crippen molar-refractivity contribution in [3.05, 3.63) is 57.6 Å². The number of hydrogen-bond donors (Lipinski definition) is 2. The zero-order valence-electron chi connectivity index (χ0n) is 10.7. The Balaban J connectivity index is 2.31. The first-order chi connectivity index (χ1) is 8.97. The second-order valence-electron chi connectivity index (χ2n) is 4.44. The molecule has 0 bridgehead atoms. The van der Waals surface area contributed by atoms with Crippen LogP contribution in [0.15, 0.2) is 40.9 Å². The van der Waals surface area contributed by atoms with E-state index in [0.717, 1.165) is 27.0 Å². The van der Waals surface area contributed by atoms with Crippen LogP contribution in [0.4, 0.5) is 11.4 Å². The molecule has 0 spiro atoms. The summed E-state index contributed by atoms with van der Waals surface area (Å²) < 4.78 is 0.970. The summed E-state index contributed by atoms with van der Waals surface area (Å²) in [6, 6.07) is 11.3. The number of aromatic carboxylic acids is 1. The average molecular weight is 320 g/mol. The lowest BCUT2D eigenvalue weighted by atomic mass is 10.1. The van der Waals surface area contributed by atoms with Gasteiger partial charge in [0.25, 0.3) is 0 Å². The van der Waals surface area contributed by atoms with Crippen molar-refractivity contribution in [1.29, 1.82) is 0 Å². The van der Waals surface area contributed by atoms with E-state index in [9.17, 15) is 4.79 Å². The van der Waals surface area contributed by atoms with E-state index in [4.69, 9.17) is 5.11 Å². The monoisotopic (exact) mass is 319 g/mol. The number of hydrogen-bond acceptors (Lipinski definition) is 2. The highest BCUT2D eigenvalue weighted by Gasteiger charge is 2.08. The first-order valence-electron chi connectivity index (χ1n) is 5.84. The molecule has 3 nitrogen and oxygen atoms in total. The molecule has 0 saturated carbocycles. The molecule has 0 atom stereocenters. The molecule has 2 rings (SSSR count). The van der Waals surface area contributed by atoms with Crippen molar-refractivity contribution in [3.8, 4) is 0 Å². The van der Waals surface area contributed by atoms with Crippen LogP contribution in [0, 0.1) is 13.8 Å². The van der Waals surface area contributed by atoms with Gasteiger partial charge in [-0.05, 0) is 71.2 Å². The second kappa shape index (κ2) is 5.45. The normalized spacial score (nSPS) is 10.3. The number of benzene rings is 2. The summed E-state index contributed by atoms with van der Waals surface area (Å²) in [6.45, 7) is 3.82. The SMILES string of the molecule is Cc1ccc(Br)c(Nc2ccc(C(=O)O)c(C)c2)c1. The summed E-state index contributed by atoms with van der Waals surface area (Å²) in [5, 5.41) is 12.3. The van der Waals surface area contributed by atoms with Gasteiger partial charge in [-0.1, -0.05) is 6.07 Å². The van der Waals surface area contributed by atoms with Crippen molar-refractivity contribution in [1.82, 2.24) is 0 Å². The third-order valence-corrected chi connectivity index (χ3v) is 3.55. The van der Waals surface area contributed by atoms with E-state index in [1.54, 1.807) is 19.1 Å². The molecule has 0 radical (unpaired) electrons. The summed E-state index contributed by atoms with van der Waals surface area (Å²) >= 11 is 3.49. The topological polar surface area (TPSA) is 49.3 Å². The zero-order chi connectivity index (χ0) is 14.0. The highest BCUT2D eigenvalue weighted by atomic mass is 79.9. The molecule has 0 aliphatic rings. The van der Waals surface area contributed by atoms with Crippen LogP contribution in [0.3, 0.4) is 0 Å². The molecule has 0 aromatic heterocycles. The fourth-order valence-electron chi connectivity index (χ4n) is 1.87. The van der Waals surface area contributed by atoms with E-state index in [0.29, 0.717) is 5.56 Å². The molecule has 98 valence electrons. The summed E-state index contributed by atoms with van der Waals surface area (Å²) in [6.07, 6.45) is 0. The number of aryl methyl sites for hydroxylation is 2. The van der Waals surface area contributed by atoms with Crippen LogP contribution in [0.1, 0.15) is 21.5 Å². The Labute approximate surface area is 120 Å². The van der Waals surface area contributed by atoms with Gasteiger partial charge in [0.15, 0.2) is 0 Å². The summed E-state index contributed by atoms with van der Waals surface area (Å²) in [4.78, 5) is 11.0. The molecule has 2 aromatic rings. The maximum Gasteiger partial charge on any atom is 0.335 e. The molecule has 0 amide bonds. The van der Waals surface area contributed by atoms with Crippen molar-refractivity contribution < 1.29 is 9.90 Å². The molecule has 2 aromatic carbocycles. The Hall–Kier alpha value is -1.81. The van der Waals surface area contributed by atoms with Crippen LogP contribution in [0.5, 0.6) is 0 Å². The van der Waals surface area contributed by atoms with Gasteiger partial charge in [-0.15, -0.1) is 0 Å². The minimum absolute atomic E-state index is 0.328. The predicted molar refractivity (Wildman–Crippen MR) is 80.3 cm³/mol. The van der Waals surface area contributed by atoms with Gasteiger partial charge < -0.3 is 10.4 Å². The van der Waals surface area contributed by atoms with Crippen molar-refractivity contribution in [3.63, 3.8) is 0 Å². The number of halogens is 1. The van der Waals surface area contributed by atoms with Crippen LogP contribution in [0.2, 0.25) is 0 Å². The van der Waals surface area contributed by atoms with E-state index < -0.39 is 5.97 Å². The predicted octanol–water partition coefficient (Wildman–Crippen LogP) is 4.51. The molecule has 0 saturated heterocycles. The zero-order valence-corrected chi connectivity index (χ0v) is 12.3. The first kappa shape index (κ1) is 13.6. The Bertz CT molecular complexity index is 638. The number of carboxylic acids is 1. The van der Waals surface area contributed by atoms with Gasteiger partial charge >= 0.3 is 5.97 Å². The van der Waals surface area contributed by atoms with Crippen molar-refractivity contribution in [2.45, 2.75) is 13.8 Å². The van der Waals surface area contributed by atoms with E-state index in [-0.39, 0.29) is 0 Å². The van der Waals surface area contributed by atoms with Crippen molar-refractivity contribution in [2.75, 3.05) is 5.32 Å². The van der Waals surface area contributed by atoms with Crippen LogP contribution >= 0.6 is 15.9 Å². The maximum atomic E-state index is 11.0. The fourth-order valence-corrected chi connectivity index (χ4v) is 2.22. The third kappa shape index (κ3) is 3.15. The van der Waals surface area contributed by atoms with Crippen molar-refractivity contribution >= 4 is 33.3 Å². The second-order valence-corrected chi connectivity index (χ2v) is 5.30. The Morgan fingerprint density at radius 1 is 1.16 bits per heavy atom. The highest BCUT2D eigenvalue weighted by molar-refractivity contribution is 9.10. The molecule has 0 aliphatic carbocycles. The molecule has 0 unspecified atom stereocenters.